The zero-order valence-corrected chi connectivity index (χ0v) is 19.5. The molecule has 7 nitrogen and oxygen atoms in total. The number of halogens is 1. The molecule has 0 bridgehead atoms. The van der Waals surface area contributed by atoms with Crippen molar-refractivity contribution in [3.05, 3.63) is 47.3 Å². The second-order valence-corrected chi connectivity index (χ2v) is 7.18. The number of hydrogen-bond acceptors (Lipinski definition) is 5. The topological polar surface area (TPSA) is 60.1 Å². The minimum Gasteiger partial charge on any atom is -0.377 e. The lowest BCUT2D eigenvalue weighted by Crippen LogP contribution is -2.52. The molecule has 2 heterocycles. The molecule has 1 fully saturated rings. The Morgan fingerprint density at radius 1 is 1.21 bits per heavy atom. The molecule has 0 radical (unpaired) electrons. The van der Waals surface area contributed by atoms with Gasteiger partial charge in [-0.05, 0) is 24.1 Å². The first-order valence-electron chi connectivity index (χ1n) is 9.41. The Morgan fingerprint density at radius 3 is 2.57 bits per heavy atom. The SMILES string of the molecule is CN=C(NCc1ccc(C)cc1N(C)C)N1CCN(Cc2ccon2)CC1.I. The summed E-state index contributed by atoms with van der Waals surface area (Å²) in [4.78, 5) is 11.4. The first-order chi connectivity index (χ1) is 13.1. The Kier molecular flexibility index (Phi) is 8.56. The number of nitrogens with zero attached hydrogens (tertiary/aromatic N) is 5. The first kappa shape index (κ1) is 22.5. The van der Waals surface area contributed by atoms with E-state index in [1.165, 1.54) is 16.8 Å². The van der Waals surface area contributed by atoms with Crippen molar-refractivity contribution < 1.29 is 4.52 Å². The predicted octanol–water partition coefficient (Wildman–Crippen LogP) is 2.56. The van der Waals surface area contributed by atoms with Crippen molar-refractivity contribution in [3.8, 4) is 0 Å². The number of aryl methyl sites for hydroxylation is 1. The fourth-order valence-electron chi connectivity index (χ4n) is 3.41. The van der Waals surface area contributed by atoms with E-state index in [2.05, 4.69) is 69.4 Å². The third kappa shape index (κ3) is 5.84. The highest BCUT2D eigenvalue weighted by atomic mass is 127. The van der Waals surface area contributed by atoms with Crippen LogP contribution < -0.4 is 10.2 Å². The van der Waals surface area contributed by atoms with Gasteiger partial charge in [-0.1, -0.05) is 17.3 Å². The highest BCUT2D eigenvalue weighted by Crippen LogP contribution is 2.20. The van der Waals surface area contributed by atoms with Crippen LogP contribution in [0.15, 0.2) is 40.0 Å². The van der Waals surface area contributed by atoms with Crippen molar-refractivity contribution in [2.24, 2.45) is 4.99 Å². The number of aromatic nitrogens is 1. The summed E-state index contributed by atoms with van der Waals surface area (Å²) in [6, 6.07) is 8.51. The van der Waals surface area contributed by atoms with Crippen LogP contribution in [0.2, 0.25) is 0 Å². The zero-order chi connectivity index (χ0) is 19.2. The molecule has 1 N–H and O–H groups in total. The molecule has 154 valence electrons. The Morgan fingerprint density at radius 2 is 1.96 bits per heavy atom. The standard InChI is InChI=1S/C20H30N6O.HI/c1-16-5-6-17(19(13-16)24(3)4)14-22-20(21-2)26-10-8-25(9-11-26)15-18-7-12-27-23-18;/h5-7,12-13H,8-11,14-15H2,1-4H3,(H,21,22);1H. The van der Waals surface area contributed by atoms with Crippen LogP contribution in [0, 0.1) is 6.92 Å². The molecule has 1 aliphatic heterocycles. The van der Waals surface area contributed by atoms with E-state index in [1.807, 2.05) is 13.1 Å². The molecule has 0 amide bonds. The van der Waals surface area contributed by atoms with Gasteiger partial charge in [0.2, 0.25) is 0 Å². The minimum atomic E-state index is 0. The molecular weight excluding hydrogens is 467 g/mol. The minimum absolute atomic E-state index is 0. The maximum absolute atomic E-state index is 4.92. The van der Waals surface area contributed by atoms with Crippen molar-refractivity contribution in [3.63, 3.8) is 0 Å². The van der Waals surface area contributed by atoms with E-state index in [4.69, 9.17) is 4.52 Å². The van der Waals surface area contributed by atoms with Gasteiger partial charge in [0.25, 0.3) is 0 Å². The summed E-state index contributed by atoms with van der Waals surface area (Å²) in [5.41, 5.74) is 4.78. The third-order valence-electron chi connectivity index (χ3n) is 4.92. The molecule has 0 aliphatic carbocycles. The number of anilines is 1. The summed E-state index contributed by atoms with van der Waals surface area (Å²) in [6.07, 6.45) is 1.63. The third-order valence-corrected chi connectivity index (χ3v) is 4.92. The summed E-state index contributed by atoms with van der Waals surface area (Å²) in [6.45, 7) is 7.60. The Bertz CT molecular complexity index is 754. The largest absolute Gasteiger partial charge is 0.377 e. The van der Waals surface area contributed by atoms with Crippen LogP contribution >= 0.6 is 24.0 Å². The van der Waals surface area contributed by atoms with E-state index >= 15 is 0 Å². The van der Waals surface area contributed by atoms with Crippen molar-refractivity contribution in [2.75, 3.05) is 52.2 Å². The van der Waals surface area contributed by atoms with Gasteiger partial charge in [0, 0.05) is 72.2 Å². The van der Waals surface area contributed by atoms with Crippen molar-refractivity contribution in [1.82, 2.24) is 20.3 Å². The molecule has 1 aliphatic rings. The van der Waals surface area contributed by atoms with Crippen molar-refractivity contribution >= 4 is 35.6 Å². The molecule has 0 atom stereocenters. The van der Waals surface area contributed by atoms with Gasteiger partial charge in [0.05, 0.1) is 5.69 Å². The van der Waals surface area contributed by atoms with Gasteiger partial charge in [0.15, 0.2) is 5.96 Å². The predicted molar refractivity (Wildman–Crippen MR) is 124 cm³/mol. The van der Waals surface area contributed by atoms with Gasteiger partial charge in [0.1, 0.15) is 6.26 Å². The van der Waals surface area contributed by atoms with Crippen LogP contribution in [0.4, 0.5) is 5.69 Å². The highest BCUT2D eigenvalue weighted by Gasteiger charge is 2.20. The average Bonchev–Trinajstić information content (AvgIpc) is 3.17. The smallest absolute Gasteiger partial charge is 0.194 e. The second-order valence-electron chi connectivity index (χ2n) is 7.18. The summed E-state index contributed by atoms with van der Waals surface area (Å²) >= 11 is 0. The second kappa shape index (κ2) is 10.7. The molecule has 1 aromatic carbocycles. The monoisotopic (exact) mass is 498 g/mol. The Balaban J connectivity index is 0.00000280. The molecule has 3 rings (SSSR count). The zero-order valence-electron chi connectivity index (χ0n) is 17.2. The molecule has 0 spiro atoms. The maximum atomic E-state index is 4.92. The Hall–Kier alpha value is -1.81. The molecule has 1 saturated heterocycles. The number of piperazine rings is 1. The fraction of sp³-hybridized carbons (Fsp3) is 0.500. The fourth-order valence-corrected chi connectivity index (χ4v) is 3.41. The lowest BCUT2D eigenvalue weighted by atomic mass is 10.1. The lowest BCUT2D eigenvalue weighted by molar-refractivity contribution is 0.169. The van der Waals surface area contributed by atoms with Crippen LogP contribution in [0.5, 0.6) is 0 Å². The number of hydrogen-bond donors (Lipinski definition) is 1. The summed E-state index contributed by atoms with van der Waals surface area (Å²) in [5, 5.41) is 7.54. The Labute approximate surface area is 184 Å². The van der Waals surface area contributed by atoms with Gasteiger partial charge in [-0.3, -0.25) is 9.89 Å². The van der Waals surface area contributed by atoms with Crippen LogP contribution in [0.1, 0.15) is 16.8 Å². The molecule has 28 heavy (non-hydrogen) atoms. The number of guanidine groups is 1. The quantitative estimate of drug-likeness (QED) is 0.389. The van der Waals surface area contributed by atoms with E-state index in [9.17, 15) is 0 Å². The van der Waals surface area contributed by atoms with Gasteiger partial charge in [-0.15, -0.1) is 24.0 Å². The number of rotatable bonds is 5. The van der Waals surface area contributed by atoms with E-state index in [1.54, 1.807) is 6.26 Å². The van der Waals surface area contributed by atoms with Crippen molar-refractivity contribution in [1.29, 1.82) is 0 Å². The molecule has 1 aromatic heterocycles. The summed E-state index contributed by atoms with van der Waals surface area (Å²) in [5.74, 6) is 0.960. The van der Waals surface area contributed by atoms with E-state index in [0.29, 0.717) is 0 Å². The lowest BCUT2D eigenvalue weighted by Gasteiger charge is -2.36. The molecule has 0 unspecified atom stereocenters. The number of nitrogens with one attached hydrogen (secondary N) is 1. The van der Waals surface area contributed by atoms with Crippen LogP contribution in [0.3, 0.4) is 0 Å². The van der Waals surface area contributed by atoms with Crippen molar-refractivity contribution in [2.45, 2.75) is 20.0 Å². The number of aliphatic imine (C=N–C) groups is 1. The van der Waals surface area contributed by atoms with E-state index in [-0.39, 0.29) is 24.0 Å². The molecule has 8 heteroatoms. The summed E-state index contributed by atoms with van der Waals surface area (Å²) < 4.78 is 4.92. The van der Waals surface area contributed by atoms with Gasteiger partial charge >= 0.3 is 0 Å². The highest BCUT2D eigenvalue weighted by molar-refractivity contribution is 14.0. The normalized spacial score (nSPS) is 15.3. The molecule has 0 saturated carbocycles. The summed E-state index contributed by atoms with van der Waals surface area (Å²) in [7, 11) is 6.02. The average molecular weight is 498 g/mol. The van der Waals surface area contributed by atoms with Crippen LogP contribution in [0.25, 0.3) is 0 Å². The van der Waals surface area contributed by atoms with E-state index in [0.717, 1.165) is 50.9 Å². The van der Waals surface area contributed by atoms with E-state index < -0.39 is 0 Å². The van der Waals surface area contributed by atoms with Gasteiger partial charge in [-0.2, -0.15) is 0 Å². The maximum Gasteiger partial charge on any atom is 0.194 e. The van der Waals surface area contributed by atoms with Crippen LogP contribution in [-0.4, -0.2) is 68.2 Å². The van der Waals surface area contributed by atoms with Crippen LogP contribution in [-0.2, 0) is 13.1 Å². The van der Waals surface area contributed by atoms with Gasteiger partial charge in [-0.25, -0.2) is 0 Å². The molecular formula is C20H31IN6O. The molecule has 2 aromatic rings. The first-order valence-corrected chi connectivity index (χ1v) is 9.41. The van der Waals surface area contributed by atoms with Gasteiger partial charge < -0.3 is 19.6 Å². The number of benzene rings is 1.